The molecule has 2 nitrogen and oxygen atoms in total. The first-order chi connectivity index (χ1) is 8.21. The van der Waals surface area contributed by atoms with Crippen molar-refractivity contribution in [1.29, 1.82) is 0 Å². The summed E-state index contributed by atoms with van der Waals surface area (Å²) in [5.74, 6) is 0.980. The number of hydrogen-bond donors (Lipinski definition) is 1. The van der Waals surface area contributed by atoms with Crippen molar-refractivity contribution >= 4 is 0 Å². The molecule has 2 atom stereocenters. The van der Waals surface area contributed by atoms with Crippen molar-refractivity contribution in [3.8, 4) is 5.75 Å². The van der Waals surface area contributed by atoms with Crippen LogP contribution in [0, 0.1) is 0 Å². The summed E-state index contributed by atoms with van der Waals surface area (Å²) < 4.78 is 6.00. The van der Waals surface area contributed by atoms with Crippen LogP contribution >= 0.6 is 0 Å². The van der Waals surface area contributed by atoms with Crippen LogP contribution in [0.1, 0.15) is 39.7 Å². The number of benzene rings is 1. The third-order valence-corrected chi connectivity index (χ3v) is 3.10. The number of likely N-dealkylation sites (N-methyl/N-ethyl adjacent to an activating group) is 1. The summed E-state index contributed by atoms with van der Waals surface area (Å²) in [6, 6.07) is 8.79. The van der Waals surface area contributed by atoms with Crippen molar-refractivity contribution < 1.29 is 4.74 Å². The Morgan fingerprint density at radius 3 is 2.59 bits per heavy atom. The first-order valence-corrected chi connectivity index (χ1v) is 6.70. The summed E-state index contributed by atoms with van der Waals surface area (Å²) in [6.45, 7) is 9.61. The number of hydrogen-bond acceptors (Lipinski definition) is 2. The first kappa shape index (κ1) is 14.0. The summed E-state index contributed by atoms with van der Waals surface area (Å²) in [5.41, 5.74) is 1.33. The Balaban J connectivity index is 2.62. The van der Waals surface area contributed by atoms with Gasteiger partial charge in [-0.15, -0.1) is 0 Å². The van der Waals surface area contributed by atoms with E-state index >= 15 is 0 Å². The monoisotopic (exact) mass is 235 g/mol. The number of aryl methyl sites for hydroxylation is 1. The fourth-order valence-electron chi connectivity index (χ4n) is 2.04. The fourth-order valence-corrected chi connectivity index (χ4v) is 2.04. The number of nitrogens with one attached hydrogen (secondary N) is 1. The van der Waals surface area contributed by atoms with Gasteiger partial charge in [0.2, 0.25) is 0 Å². The fraction of sp³-hybridized carbons (Fsp3) is 0.600. The molecule has 2 heteroatoms. The molecule has 0 saturated heterocycles. The molecule has 1 N–H and O–H groups in total. The van der Waals surface area contributed by atoms with E-state index in [-0.39, 0.29) is 6.10 Å². The zero-order valence-corrected chi connectivity index (χ0v) is 11.5. The minimum Gasteiger partial charge on any atom is -0.489 e. The van der Waals surface area contributed by atoms with E-state index in [1.807, 2.05) is 6.07 Å². The van der Waals surface area contributed by atoms with E-state index in [1.54, 1.807) is 0 Å². The van der Waals surface area contributed by atoms with Crippen LogP contribution in [0.15, 0.2) is 24.3 Å². The van der Waals surface area contributed by atoms with Crippen molar-refractivity contribution in [2.45, 2.75) is 52.7 Å². The number of ether oxygens (including phenoxy) is 1. The molecule has 0 aliphatic carbocycles. The first-order valence-electron chi connectivity index (χ1n) is 6.70. The summed E-state index contributed by atoms with van der Waals surface area (Å²) in [6.07, 6.45) is 2.34. The lowest BCUT2D eigenvalue weighted by atomic mass is 10.1. The molecule has 0 aliphatic rings. The number of rotatable bonds is 7. The van der Waals surface area contributed by atoms with E-state index < -0.39 is 0 Å². The molecule has 0 radical (unpaired) electrons. The van der Waals surface area contributed by atoms with Gasteiger partial charge >= 0.3 is 0 Å². The Morgan fingerprint density at radius 1 is 1.24 bits per heavy atom. The molecule has 0 amide bonds. The van der Waals surface area contributed by atoms with E-state index in [9.17, 15) is 0 Å². The van der Waals surface area contributed by atoms with Gasteiger partial charge in [-0.25, -0.2) is 0 Å². The van der Waals surface area contributed by atoms with Gasteiger partial charge in [-0.3, -0.25) is 0 Å². The smallest absolute Gasteiger partial charge is 0.120 e. The normalized spacial score (nSPS) is 14.4. The molecule has 96 valence electrons. The molecule has 0 spiro atoms. The molecule has 1 rings (SSSR count). The summed E-state index contributed by atoms with van der Waals surface area (Å²) >= 11 is 0. The molecule has 0 fully saturated rings. The Labute approximate surface area is 105 Å². The van der Waals surface area contributed by atoms with Gasteiger partial charge in [-0.2, -0.15) is 0 Å². The van der Waals surface area contributed by atoms with Crippen LogP contribution in [0.25, 0.3) is 0 Å². The molecule has 0 aromatic heterocycles. The molecule has 0 aliphatic heterocycles. The maximum Gasteiger partial charge on any atom is 0.120 e. The average molecular weight is 235 g/mol. The highest BCUT2D eigenvalue weighted by Crippen LogP contribution is 2.17. The maximum absolute atomic E-state index is 6.00. The molecule has 17 heavy (non-hydrogen) atoms. The molecule has 0 saturated carbocycles. The van der Waals surface area contributed by atoms with E-state index in [4.69, 9.17) is 4.74 Å². The van der Waals surface area contributed by atoms with Crippen LogP contribution in [-0.2, 0) is 6.42 Å². The molecule has 1 aromatic carbocycles. The van der Waals surface area contributed by atoms with Crippen LogP contribution in [0.5, 0.6) is 5.75 Å². The third-order valence-electron chi connectivity index (χ3n) is 3.10. The van der Waals surface area contributed by atoms with E-state index in [1.165, 1.54) is 5.56 Å². The molecular weight excluding hydrogens is 210 g/mol. The van der Waals surface area contributed by atoms with Gasteiger partial charge in [0.25, 0.3) is 0 Å². The van der Waals surface area contributed by atoms with E-state index in [0.717, 1.165) is 25.1 Å². The van der Waals surface area contributed by atoms with Gasteiger partial charge in [0.1, 0.15) is 11.9 Å². The lowest BCUT2D eigenvalue weighted by Crippen LogP contribution is -2.40. The third kappa shape index (κ3) is 4.39. The van der Waals surface area contributed by atoms with Crippen molar-refractivity contribution in [3.63, 3.8) is 0 Å². The van der Waals surface area contributed by atoms with Crippen LogP contribution in [0.3, 0.4) is 0 Å². The highest BCUT2D eigenvalue weighted by molar-refractivity contribution is 5.28. The van der Waals surface area contributed by atoms with Crippen molar-refractivity contribution in [3.05, 3.63) is 29.8 Å². The molecule has 0 bridgehead atoms. The summed E-state index contributed by atoms with van der Waals surface area (Å²) in [4.78, 5) is 0. The second-order valence-electron chi connectivity index (χ2n) is 4.40. The van der Waals surface area contributed by atoms with Gasteiger partial charge in [0.15, 0.2) is 0 Å². The Bertz CT molecular complexity index is 324. The van der Waals surface area contributed by atoms with Crippen molar-refractivity contribution in [1.82, 2.24) is 5.32 Å². The zero-order chi connectivity index (χ0) is 12.7. The maximum atomic E-state index is 6.00. The largest absolute Gasteiger partial charge is 0.489 e. The predicted octanol–water partition coefficient (Wildman–Crippen LogP) is 3.40. The Kier molecular flexibility index (Phi) is 6.06. The topological polar surface area (TPSA) is 21.3 Å². The lowest BCUT2D eigenvalue weighted by Gasteiger charge is -2.24. The van der Waals surface area contributed by atoms with Crippen LogP contribution in [0.4, 0.5) is 0 Å². The van der Waals surface area contributed by atoms with Crippen LogP contribution in [0.2, 0.25) is 0 Å². The SMILES string of the molecule is CCNC(CC)C(C)Oc1cccc(CC)c1. The molecular formula is C15H25NO. The van der Waals surface area contributed by atoms with E-state index in [2.05, 4.69) is 51.2 Å². The van der Waals surface area contributed by atoms with Gasteiger partial charge in [-0.1, -0.05) is 32.9 Å². The van der Waals surface area contributed by atoms with Crippen molar-refractivity contribution in [2.75, 3.05) is 6.54 Å². The van der Waals surface area contributed by atoms with E-state index in [0.29, 0.717) is 6.04 Å². The van der Waals surface area contributed by atoms with Gasteiger partial charge < -0.3 is 10.1 Å². The standard InChI is InChI=1S/C15H25NO/c1-5-13-9-8-10-14(11-13)17-12(4)15(6-2)16-7-3/h8-12,15-16H,5-7H2,1-4H3. The Morgan fingerprint density at radius 2 is 2.00 bits per heavy atom. The zero-order valence-electron chi connectivity index (χ0n) is 11.5. The van der Waals surface area contributed by atoms with Crippen LogP contribution < -0.4 is 10.1 Å². The van der Waals surface area contributed by atoms with Gasteiger partial charge in [0, 0.05) is 6.04 Å². The average Bonchev–Trinajstić information content (AvgIpc) is 2.36. The van der Waals surface area contributed by atoms with Crippen LogP contribution in [-0.4, -0.2) is 18.7 Å². The Hall–Kier alpha value is -1.02. The molecule has 1 aromatic rings. The van der Waals surface area contributed by atoms with Gasteiger partial charge in [-0.05, 0) is 44.0 Å². The minimum absolute atomic E-state index is 0.201. The second-order valence-corrected chi connectivity index (χ2v) is 4.40. The quantitative estimate of drug-likeness (QED) is 0.782. The molecule has 0 heterocycles. The minimum atomic E-state index is 0.201. The summed E-state index contributed by atoms with van der Waals surface area (Å²) in [5, 5.41) is 3.46. The lowest BCUT2D eigenvalue weighted by molar-refractivity contribution is 0.168. The predicted molar refractivity (Wildman–Crippen MR) is 73.7 cm³/mol. The highest BCUT2D eigenvalue weighted by Gasteiger charge is 2.15. The highest BCUT2D eigenvalue weighted by atomic mass is 16.5. The van der Waals surface area contributed by atoms with Gasteiger partial charge in [0.05, 0.1) is 0 Å². The second kappa shape index (κ2) is 7.33. The summed E-state index contributed by atoms with van der Waals surface area (Å²) in [7, 11) is 0. The molecule has 2 unspecified atom stereocenters. The van der Waals surface area contributed by atoms with Crippen molar-refractivity contribution in [2.24, 2.45) is 0 Å².